The molecule has 1 amide bonds. The van der Waals surface area contributed by atoms with Gasteiger partial charge in [-0.1, -0.05) is 29.3 Å². The van der Waals surface area contributed by atoms with E-state index in [1.165, 1.54) is 0 Å². The summed E-state index contributed by atoms with van der Waals surface area (Å²) in [5.41, 5.74) is 0.958. The molecular formula is C12H7Cl2IN2O. The zero-order valence-corrected chi connectivity index (χ0v) is 12.6. The average molecular weight is 393 g/mol. The predicted octanol–water partition coefficient (Wildman–Crippen LogP) is 4.25. The molecule has 0 saturated carbocycles. The molecule has 1 heterocycles. The van der Waals surface area contributed by atoms with E-state index in [0.717, 1.165) is 3.57 Å². The van der Waals surface area contributed by atoms with Gasteiger partial charge in [-0.05, 0) is 52.9 Å². The number of nitrogens with one attached hydrogen (secondary N) is 1. The first-order valence-electron chi connectivity index (χ1n) is 4.95. The summed E-state index contributed by atoms with van der Waals surface area (Å²) in [7, 11) is 0. The van der Waals surface area contributed by atoms with Crippen LogP contribution in [0.15, 0.2) is 36.4 Å². The van der Waals surface area contributed by atoms with Crippen LogP contribution in [-0.4, -0.2) is 10.9 Å². The van der Waals surface area contributed by atoms with Gasteiger partial charge in [0.2, 0.25) is 0 Å². The van der Waals surface area contributed by atoms with Gasteiger partial charge in [-0.3, -0.25) is 4.79 Å². The maximum Gasteiger partial charge on any atom is 0.274 e. The van der Waals surface area contributed by atoms with Crippen molar-refractivity contribution in [3.8, 4) is 0 Å². The van der Waals surface area contributed by atoms with E-state index >= 15 is 0 Å². The van der Waals surface area contributed by atoms with Gasteiger partial charge in [0.05, 0.1) is 5.69 Å². The van der Waals surface area contributed by atoms with E-state index < -0.39 is 0 Å². The van der Waals surface area contributed by atoms with Crippen LogP contribution < -0.4 is 5.32 Å². The Morgan fingerprint density at radius 3 is 2.67 bits per heavy atom. The van der Waals surface area contributed by atoms with E-state index in [9.17, 15) is 4.79 Å². The van der Waals surface area contributed by atoms with Crippen molar-refractivity contribution in [2.45, 2.75) is 0 Å². The van der Waals surface area contributed by atoms with Gasteiger partial charge in [0, 0.05) is 8.59 Å². The summed E-state index contributed by atoms with van der Waals surface area (Å²) < 4.78 is 0.857. The van der Waals surface area contributed by atoms with Gasteiger partial charge in [-0.15, -0.1) is 0 Å². The molecule has 0 aliphatic carbocycles. The number of pyridine rings is 1. The standard InChI is InChI=1S/C12H7Cl2IN2O/c13-7-4-5-9(8(15)6-7)17-12(18)10-2-1-3-11(14)16-10/h1-6H,(H,17,18). The maximum atomic E-state index is 11.9. The minimum absolute atomic E-state index is 0.272. The number of carbonyl (C=O) groups excluding carboxylic acids is 1. The fraction of sp³-hybridized carbons (Fsp3) is 0. The van der Waals surface area contributed by atoms with Gasteiger partial charge in [0.1, 0.15) is 10.8 Å². The number of anilines is 1. The predicted molar refractivity (Wildman–Crippen MR) is 81.4 cm³/mol. The fourth-order valence-electron chi connectivity index (χ4n) is 1.31. The lowest BCUT2D eigenvalue weighted by Crippen LogP contribution is -2.14. The second-order valence-electron chi connectivity index (χ2n) is 3.42. The van der Waals surface area contributed by atoms with Crippen molar-refractivity contribution in [2.24, 2.45) is 0 Å². The number of carbonyl (C=O) groups is 1. The Morgan fingerprint density at radius 1 is 1.22 bits per heavy atom. The summed E-state index contributed by atoms with van der Waals surface area (Å²) in [6, 6.07) is 10.1. The molecule has 2 aromatic rings. The molecule has 92 valence electrons. The average Bonchev–Trinajstić information content (AvgIpc) is 2.32. The molecule has 0 bridgehead atoms. The lowest BCUT2D eigenvalue weighted by atomic mass is 10.3. The number of rotatable bonds is 2. The van der Waals surface area contributed by atoms with Crippen molar-refractivity contribution in [3.05, 3.63) is 55.8 Å². The summed E-state index contributed by atoms with van der Waals surface area (Å²) in [6.07, 6.45) is 0. The lowest BCUT2D eigenvalue weighted by Gasteiger charge is -2.07. The quantitative estimate of drug-likeness (QED) is 0.613. The molecule has 1 aromatic carbocycles. The molecule has 0 atom stereocenters. The highest BCUT2D eigenvalue weighted by Crippen LogP contribution is 2.22. The number of aromatic nitrogens is 1. The number of hydrogen-bond donors (Lipinski definition) is 1. The summed E-state index contributed by atoms with van der Waals surface area (Å²) in [5, 5.41) is 3.66. The van der Waals surface area contributed by atoms with E-state index in [4.69, 9.17) is 23.2 Å². The molecule has 18 heavy (non-hydrogen) atoms. The maximum absolute atomic E-state index is 11.9. The molecule has 2 rings (SSSR count). The minimum atomic E-state index is -0.308. The largest absolute Gasteiger partial charge is 0.320 e. The van der Waals surface area contributed by atoms with Gasteiger partial charge in [-0.2, -0.15) is 0 Å². The van der Waals surface area contributed by atoms with Gasteiger partial charge in [0.25, 0.3) is 5.91 Å². The molecule has 0 fully saturated rings. The van der Waals surface area contributed by atoms with Crippen LogP contribution in [0.4, 0.5) is 5.69 Å². The molecular weight excluding hydrogens is 386 g/mol. The number of benzene rings is 1. The third-order valence-electron chi connectivity index (χ3n) is 2.13. The summed E-state index contributed by atoms with van der Waals surface area (Å²) in [6.45, 7) is 0. The molecule has 0 saturated heterocycles. The minimum Gasteiger partial charge on any atom is -0.320 e. The van der Waals surface area contributed by atoms with Crippen molar-refractivity contribution in [2.75, 3.05) is 5.32 Å². The number of halogens is 3. The van der Waals surface area contributed by atoms with E-state index in [1.807, 2.05) is 0 Å². The Labute approximate surface area is 128 Å². The van der Waals surface area contributed by atoms with Gasteiger partial charge in [-0.25, -0.2) is 4.98 Å². The second-order valence-corrected chi connectivity index (χ2v) is 5.41. The molecule has 0 aliphatic rings. The van der Waals surface area contributed by atoms with E-state index in [2.05, 4.69) is 32.9 Å². The van der Waals surface area contributed by atoms with Crippen LogP contribution in [0.25, 0.3) is 0 Å². The summed E-state index contributed by atoms with van der Waals surface area (Å²) >= 11 is 13.7. The van der Waals surface area contributed by atoms with E-state index in [1.54, 1.807) is 36.4 Å². The van der Waals surface area contributed by atoms with Crippen molar-refractivity contribution in [1.82, 2.24) is 4.98 Å². The van der Waals surface area contributed by atoms with Crippen molar-refractivity contribution in [3.63, 3.8) is 0 Å². The first-order valence-corrected chi connectivity index (χ1v) is 6.79. The molecule has 3 nitrogen and oxygen atoms in total. The highest BCUT2D eigenvalue weighted by atomic mass is 127. The zero-order chi connectivity index (χ0) is 13.1. The Morgan fingerprint density at radius 2 is 2.00 bits per heavy atom. The van der Waals surface area contributed by atoms with Crippen molar-refractivity contribution in [1.29, 1.82) is 0 Å². The third-order valence-corrected chi connectivity index (χ3v) is 3.47. The lowest BCUT2D eigenvalue weighted by molar-refractivity contribution is 0.102. The number of nitrogens with zero attached hydrogens (tertiary/aromatic N) is 1. The van der Waals surface area contributed by atoms with Gasteiger partial charge in [0.15, 0.2) is 0 Å². The molecule has 6 heteroatoms. The topological polar surface area (TPSA) is 42.0 Å². The van der Waals surface area contributed by atoms with Crippen LogP contribution in [0.1, 0.15) is 10.5 Å². The first kappa shape index (κ1) is 13.6. The molecule has 1 N–H and O–H groups in total. The highest BCUT2D eigenvalue weighted by molar-refractivity contribution is 14.1. The Hall–Kier alpha value is -0.850. The zero-order valence-electron chi connectivity index (χ0n) is 8.95. The van der Waals surface area contributed by atoms with Crippen molar-refractivity contribution >= 4 is 57.4 Å². The normalized spacial score (nSPS) is 10.2. The van der Waals surface area contributed by atoms with Crippen LogP contribution in [0, 0.1) is 3.57 Å². The molecule has 0 unspecified atom stereocenters. The third kappa shape index (κ3) is 3.34. The van der Waals surface area contributed by atoms with Crippen LogP contribution in [0.2, 0.25) is 10.2 Å². The molecule has 0 radical (unpaired) electrons. The molecule has 0 spiro atoms. The van der Waals surface area contributed by atoms with E-state index in [-0.39, 0.29) is 16.8 Å². The van der Waals surface area contributed by atoms with Crippen LogP contribution in [-0.2, 0) is 0 Å². The fourth-order valence-corrected chi connectivity index (χ4v) is 2.48. The Balaban J connectivity index is 2.21. The highest BCUT2D eigenvalue weighted by Gasteiger charge is 2.10. The Bertz CT molecular complexity index is 604. The summed E-state index contributed by atoms with van der Waals surface area (Å²) in [4.78, 5) is 15.9. The monoisotopic (exact) mass is 392 g/mol. The first-order chi connectivity index (χ1) is 8.56. The molecule has 1 aromatic heterocycles. The number of hydrogen-bond acceptors (Lipinski definition) is 2. The number of amides is 1. The molecule has 0 aliphatic heterocycles. The second kappa shape index (κ2) is 5.86. The van der Waals surface area contributed by atoms with Gasteiger partial charge >= 0.3 is 0 Å². The summed E-state index contributed by atoms with van der Waals surface area (Å²) in [5.74, 6) is -0.308. The van der Waals surface area contributed by atoms with Crippen LogP contribution in [0.3, 0.4) is 0 Å². The van der Waals surface area contributed by atoms with Gasteiger partial charge < -0.3 is 5.32 Å². The van der Waals surface area contributed by atoms with Crippen LogP contribution in [0.5, 0.6) is 0 Å². The SMILES string of the molecule is O=C(Nc1ccc(Cl)cc1I)c1cccc(Cl)n1. The Kier molecular flexibility index (Phi) is 4.42. The van der Waals surface area contributed by atoms with E-state index in [0.29, 0.717) is 10.7 Å². The van der Waals surface area contributed by atoms with Crippen LogP contribution >= 0.6 is 45.8 Å². The van der Waals surface area contributed by atoms with Crippen molar-refractivity contribution < 1.29 is 4.79 Å². The smallest absolute Gasteiger partial charge is 0.274 e.